The second-order valence-corrected chi connectivity index (χ2v) is 4.72. The first-order chi connectivity index (χ1) is 11.1. The Morgan fingerprint density at radius 2 is 1.74 bits per heavy atom. The number of allylic oxidation sites excluding steroid dienone is 1. The number of hydrogen-bond acceptors (Lipinski definition) is 3. The summed E-state index contributed by atoms with van der Waals surface area (Å²) in [6.07, 6.45) is 1.67. The summed E-state index contributed by atoms with van der Waals surface area (Å²) in [5.41, 5.74) is 0.962. The van der Waals surface area contributed by atoms with E-state index in [0.29, 0.717) is 11.3 Å². The van der Waals surface area contributed by atoms with Gasteiger partial charge in [0.1, 0.15) is 5.82 Å². The molecule has 2 aromatic carbocycles. The van der Waals surface area contributed by atoms with Gasteiger partial charge in [0.25, 0.3) is 5.91 Å². The van der Waals surface area contributed by atoms with E-state index in [1.54, 1.807) is 37.3 Å². The highest BCUT2D eigenvalue weighted by molar-refractivity contribution is 5.96. The third-order valence-corrected chi connectivity index (χ3v) is 2.99. The Labute approximate surface area is 133 Å². The molecule has 0 unspecified atom stereocenters. The van der Waals surface area contributed by atoms with Crippen LogP contribution in [0.4, 0.5) is 10.1 Å². The monoisotopic (exact) mass is 313 g/mol. The van der Waals surface area contributed by atoms with Crippen molar-refractivity contribution in [2.45, 2.75) is 13.0 Å². The molecule has 0 fully saturated rings. The van der Waals surface area contributed by atoms with Crippen molar-refractivity contribution < 1.29 is 18.7 Å². The zero-order valence-corrected chi connectivity index (χ0v) is 12.5. The number of anilines is 1. The maximum absolute atomic E-state index is 12.9. The SMILES string of the molecule is C/C=C\C(=O)O[C@H](C(=O)Nc1ccc(F)cc1)c1ccccc1. The van der Waals surface area contributed by atoms with Crippen LogP contribution in [-0.2, 0) is 14.3 Å². The first kappa shape index (κ1) is 16.4. The van der Waals surface area contributed by atoms with Crippen molar-refractivity contribution in [1.29, 1.82) is 0 Å². The van der Waals surface area contributed by atoms with Crippen LogP contribution in [0.3, 0.4) is 0 Å². The summed E-state index contributed by atoms with van der Waals surface area (Å²) >= 11 is 0. The lowest BCUT2D eigenvalue weighted by atomic mass is 10.1. The van der Waals surface area contributed by atoms with E-state index in [1.807, 2.05) is 0 Å². The van der Waals surface area contributed by atoms with Gasteiger partial charge in [-0.3, -0.25) is 4.79 Å². The van der Waals surface area contributed by atoms with E-state index in [0.717, 1.165) is 0 Å². The summed E-state index contributed by atoms with van der Waals surface area (Å²) in [7, 11) is 0. The van der Waals surface area contributed by atoms with E-state index in [1.165, 1.54) is 36.4 Å². The lowest BCUT2D eigenvalue weighted by Crippen LogP contribution is -2.25. The summed E-state index contributed by atoms with van der Waals surface area (Å²) in [6, 6.07) is 14.0. The normalized spacial score (nSPS) is 11.9. The molecule has 118 valence electrons. The molecule has 5 heteroatoms. The molecule has 1 atom stereocenters. The number of nitrogens with one attached hydrogen (secondary N) is 1. The van der Waals surface area contributed by atoms with Gasteiger partial charge in [-0.1, -0.05) is 36.4 Å². The van der Waals surface area contributed by atoms with Gasteiger partial charge >= 0.3 is 5.97 Å². The fourth-order valence-corrected chi connectivity index (χ4v) is 1.93. The van der Waals surface area contributed by atoms with Crippen LogP contribution in [0.5, 0.6) is 0 Å². The molecule has 0 bridgehead atoms. The van der Waals surface area contributed by atoms with Crippen molar-refractivity contribution in [1.82, 2.24) is 0 Å². The van der Waals surface area contributed by atoms with Crippen LogP contribution in [0.25, 0.3) is 0 Å². The third kappa shape index (κ3) is 4.78. The Kier molecular flexibility index (Phi) is 5.63. The molecule has 0 aliphatic rings. The van der Waals surface area contributed by atoms with Crippen molar-refractivity contribution in [2.75, 3.05) is 5.32 Å². The largest absolute Gasteiger partial charge is 0.444 e. The number of amides is 1. The Bertz CT molecular complexity index is 696. The van der Waals surface area contributed by atoms with Crippen LogP contribution in [0, 0.1) is 5.82 Å². The van der Waals surface area contributed by atoms with E-state index in [2.05, 4.69) is 5.32 Å². The molecule has 2 aromatic rings. The van der Waals surface area contributed by atoms with Crippen LogP contribution in [0.2, 0.25) is 0 Å². The number of carbonyl (C=O) groups excluding carboxylic acids is 2. The molecule has 0 saturated heterocycles. The summed E-state index contributed by atoms with van der Waals surface area (Å²) < 4.78 is 18.1. The molecule has 1 amide bonds. The van der Waals surface area contributed by atoms with Crippen molar-refractivity contribution in [3.05, 3.63) is 78.1 Å². The highest BCUT2D eigenvalue weighted by atomic mass is 19.1. The maximum Gasteiger partial charge on any atom is 0.331 e. The molecular formula is C18H16FNO3. The molecule has 0 spiro atoms. The first-order valence-electron chi connectivity index (χ1n) is 7.05. The fourth-order valence-electron chi connectivity index (χ4n) is 1.93. The number of ether oxygens (including phenoxy) is 1. The molecule has 23 heavy (non-hydrogen) atoms. The summed E-state index contributed by atoms with van der Waals surface area (Å²) in [6.45, 7) is 1.68. The smallest absolute Gasteiger partial charge is 0.331 e. The molecule has 0 aliphatic carbocycles. The quantitative estimate of drug-likeness (QED) is 0.677. The number of rotatable bonds is 5. The zero-order valence-electron chi connectivity index (χ0n) is 12.5. The second kappa shape index (κ2) is 7.89. The highest BCUT2D eigenvalue weighted by Gasteiger charge is 2.24. The van der Waals surface area contributed by atoms with Crippen molar-refractivity contribution in [3.63, 3.8) is 0 Å². The topological polar surface area (TPSA) is 55.4 Å². The average Bonchev–Trinajstić information content (AvgIpc) is 2.56. The summed E-state index contributed by atoms with van der Waals surface area (Å²) in [5, 5.41) is 2.61. The molecule has 1 N–H and O–H groups in total. The van der Waals surface area contributed by atoms with Gasteiger partial charge in [-0.25, -0.2) is 9.18 Å². The standard InChI is InChI=1S/C18H16FNO3/c1-2-6-16(21)23-17(13-7-4-3-5-8-13)18(22)20-15-11-9-14(19)10-12-15/h2-12,17H,1H3,(H,20,22)/b6-2-/t17-/m0/s1. The van der Waals surface area contributed by atoms with E-state index in [-0.39, 0.29) is 0 Å². The molecule has 4 nitrogen and oxygen atoms in total. The fraction of sp³-hybridized carbons (Fsp3) is 0.111. The predicted octanol–water partition coefficient (Wildman–Crippen LogP) is 3.62. The van der Waals surface area contributed by atoms with Crippen LogP contribution in [-0.4, -0.2) is 11.9 Å². The second-order valence-electron chi connectivity index (χ2n) is 4.72. The minimum absolute atomic E-state index is 0.401. The molecule has 0 aliphatic heterocycles. The van der Waals surface area contributed by atoms with Crippen LogP contribution in [0.1, 0.15) is 18.6 Å². The molecular weight excluding hydrogens is 297 g/mol. The Balaban J connectivity index is 2.20. The Hall–Kier alpha value is -2.95. The molecule has 0 heterocycles. The molecule has 2 rings (SSSR count). The average molecular weight is 313 g/mol. The number of carbonyl (C=O) groups is 2. The highest BCUT2D eigenvalue weighted by Crippen LogP contribution is 2.20. The number of hydrogen-bond donors (Lipinski definition) is 1. The molecule has 0 aromatic heterocycles. The van der Waals surface area contributed by atoms with Gasteiger partial charge in [-0.05, 0) is 31.2 Å². The minimum Gasteiger partial charge on any atom is -0.444 e. The number of esters is 1. The van der Waals surface area contributed by atoms with Gasteiger partial charge in [-0.15, -0.1) is 0 Å². The van der Waals surface area contributed by atoms with Gasteiger partial charge in [0.15, 0.2) is 0 Å². The summed E-state index contributed by atoms with van der Waals surface area (Å²) in [4.78, 5) is 24.1. The lowest BCUT2D eigenvalue weighted by Gasteiger charge is -2.17. The Morgan fingerprint density at radius 1 is 1.09 bits per heavy atom. The number of halogens is 1. The van der Waals surface area contributed by atoms with Gasteiger partial charge < -0.3 is 10.1 Å². The van der Waals surface area contributed by atoms with Gasteiger partial charge in [0.2, 0.25) is 6.10 Å². The van der Waals surface area contributed by atoms with Gasteiger partial charge in [-0.2, -0.15) is 0 Å². The van der Waals surface area contributed by atoms with Crippen LogP contribution in [0.15, 0.2) is 66.7 Å². The maximum atomic E-state index is 12.9. The molecule has 0 radical (unpaired) electrons. The van der Waals surface area contributed by atoms with E-state index >= 15 is 0 Å². The zero-order chi connectivity index (χ0) is 16.7. The van der Waals surface area contributed by atoms with Crippen LogP contribution >= 0.6 is 0 Å². The minimum atomic E-state index is -1.09. The Morgan fingerprint density at radius 3 is 2.35 bits per heavy atom. The van der Waals surface area contributed by atoms with E-state index in [9.17, 15) is 14.0 Å². The van der Waals surface area contributed by atoms with Gasteiger partial charge in [0, 0.05) is 17.3 Å². The predicted molar refractivity (Wildman–Crippen MR) is 85.1 cm³/mol. The van der Waals surface area contributed by atoms with Crippen molar-refractivity contribution >= 4 is 17.6 Å². The number of benzene rings is 2. The van der Waals surface area contributed by atoms with E-state index < -0.39 is 23.8 Å². The first-order valence-corrected chi connectivity index (χ1v) is 7.05. The summed E-state index contributed by atoms with van der Waals surface area (Å²) in [5.74, 6) is -1.53. The van der Waals surface area contributed by atoms with Crippen molar-refractivity contribution in [2.24, 2.45) is 0 Å². The lowest BCUT2D eigenvalue weighted by molar-refractivity contribution is -0.149. The van der Waals surface area contributed by atoms with E-state index in [4.69, 9.17) is 4.74 Å². The molecule has 0 saturated carbocycles. The third-order valence-electron chi connectivity index (χ3n) is 2.99. The van der Waals surface area contributed by atoms with Gasteiger partial charge in [0.05, 0.1) is 0 Å². The van der Waals surface area contributed by atoms with Crippen molar-refractivity contribution in [3.8, 4) is 0 Å². The van der Waals surface area contributed by atoms with Crippen LogP contribution < -0.4 is 5.32 Å².